The van der Waals surface area contributed by atoms with E-state index in [2.05, 4.69) is 94.7 Å². The van der Waals surface area contributed by atoms with Crippen molar-refractivity contribution >= 4 is 28.6 Å². The third-order valence-corrected chi connectivity index (χ3v) is 25.0. The predicted octanol–water partition coefficient (Wildman–Crippen LogP) is 13.9. The molecule has 0 aromatic rings. The van der Waals surface area contributed by atoms with E-state index in [1.54, 1.807) is 0 Å². The molecule has 8 rings (SSSR count). The summed E-state index contributed by atoms with van der Waals surface area (Å²) < 4.78 is 50.9. The Kier molecular flexibility index (Phi) is 17.5. The molecule has 0 radical (unpaired) electrons. The van der Waals surface area contributed by atoms with Crippen LogP contribution in [0.15, 0.2) is 0 Å². The number of halogens is 2. The number of aliphatic carboxylic acids is 1. The summed E-state index contributed by atoms with van der Waals surface area (Å²) in [5, 5.41) is 30.5. The number of rotatable bonds is 14. The molecule has 8 fully saturated rings. The van der Waals surface area contributed by atoms with Crippen molar-refractivity contribution in [2.75, 3.05) is 7.11 Å². The molecule has 0 amide bonds. The molecule has 8 unspecified atom stereocenters. The fourth-order valence-electron chi connectivity index (χ4n) is 20.2. The van der Waals surface area contributed by atoms with E-state index in [4.69, 9.17) is 13.6 Å². The zero-order valence-corrected chi connectivity index (χ0v) is 49.4. The van der Waals surface area contributed by atoms with E-state index in [-0.39, 0.29) is 69.9 Å². The zero-order valence-electron chi connectivity index (χ0n) is 47.4. The highest BCUT2D eigenvalue weighted by molar-refractivity contribution is 6.70. The molecule has 12 heteroatoms. The SMILES string of the molecule is CC[C@@H]1[C@@H]2[C@@H](F)[C@H](O)CC[C@]2(C)C2CC[C@@]3(C)C(CCC3[C@H](C)CCC(=O)O)C2[C@@H]1O[Si](C)(C)C.CC[C@@H]1[C@@H]2[C@@H](F)[C@H](O)CC[C@]2(C)C2CC[C@@]3(C)C(CCC3[C@H](C)CCC(=O)OC)C2[C@@H]1O[Si](C)(C)C. The van der Waals surface area contributed by atoms with E-state index >= 15 is 8.78 Å². The maximum absolute atomic E-state index is 15.9. The van der Waals surface area contributed by atoms with Crippen molar-refractivity contribution in [1.29, 1.82) is 0 Å². The lowest BCUT2D eigenvalue weighted by Crippen LogP contribution is -2.66. The van der Waals surface area contributed by atoms with E-state index in [1.807, 2.05) is 0 Å². The van der Waals surface area contributed by atoms with Crippen molar-refractivity contribution in [3.05, 3.63) is 0 Å². The lowest BCUT2D eigenvalue weighted by atomic mass is 9.41. The van der Waals surface area contributed by atoms with Gasteiger partial charge < -0.3 is 28.9 Å². The van der Waals surface area contributed by atoms with Crippen LogP contribution < -0.4 is 0 Å². The second-order valence-corrected chi connectivity index (χ2v) is 37.7. The standard InChI is InChI=1S/C30H53FO4Si.C29H51FO4Si/c1-9-19-26-27(31)23(32)15-17-30(26,4)22-14-16-29(3)20(18(2)10-13-24(33)34-5)11-12-21(29)25(22)28(19)35-36(6,7)8;1-8-18-25-26(30)22(31)14-16-29(25,4)21-13-15-28(3)19(17(2)9-12-23(32)33)10-11-20(28)24(21)27(18)34-35(5,6)7/h18-23,25-28,32H,9-17H2,1-8H3;17-22,24-27,31H,8-16H2,1-7H3,(H,32,33)/t18-,19-,20?,21?,22?,23-,25?,26-,27+,28-,29-,30-;17-,18-,19?,20?,21?,22-,24?,25-,26+,27-,28-,29-/m11/s1. The number of fused-ring (bicyclic) bond motifs is 10. The summed E-state index contributed by atoms with van der Waals surface area (Å²) in [4.78, 5) is 23.1. The van der Waals surface area contributed by atoms with Crippen LogP contribution in [-0.2, 0) is 23.2 Å². The van der Waals surface area contributed by atoms with Crippen molar-refractivity contribution in [2.45, 2.75) is 247 Å². The van der Waals surface area contributed by atoms with Gasteiger partial charge in [0, 0.05) is 24.7 Å². The third kappa shape index (κ3) is 10.6. The largest absolute Gasteiger partial charge is 0.481 e. The summed E-state index contributed by atoms with van der Waals surface area (Å²) in [6, 6.07) is 0. The van der Waals surface area contributed by atoms with Crippen molar-refractivity contribution in [3.8, 4) is 0 Å². The summed E-state index contributed by atoms with van der Waals surface area (Å²) >= 11 is 0. The van der Waals surface area contributed by atoms with Gasteiger partial charge in [0.2, 0.25) is 0 Å². The molecular weight excluding hydrogens is 931 g/mol. The maximum atomic E-state index is 15.9. The van der Waals surface area contributed by atoms with E-state index < -0.39 is 47.2 Å². The molecule has 0 aliphatic heterocycles. The van der Waals surface area contributed by atoms with Gasteiger partial charge >= 0.3 is 11.9 Å². The van der Waals surface area contributed by atoms with Crippen molar-refractivity contribution < 1.29 is 47.3 Å². The second-order valence-electron chi connectivity index (χ2n) is 28.7. The monoisotopic (exact) mass is 1030 g/mol. The average molecular weight is 1040 g/mol. The number of carboxylic acid groups (broad SMARTS) is 1. The molecule has 0 bridgehead atoms. The van der Waals surface area contributed by atoms with Gasteiger partial charge in [0.05, 0.1) is 31.5 Å². The highest BCUT2D eigenvalue weighted by atomic mass is 28.4. The number of aliphatic hydroxyl groups is 2. The van der Waals surface area contributed by atoms with E-state index in [0.29, 0.717) is 78.4 Å². The number of carboxylic acids is 1. The topological polar surface area (TPSA) is 123 Å². The molecule has 3 N–H and O–H groups in total. The van der Waals surface area contributed by atoms with Gasteiger partial charge in [-0.15, -0.1) is 0 Å². The molecule has 0 aromatic carbocycles. The molecule has 0 spiro atoms. The number of hydrogen-bond acceptors (Lipinski definition) is 7. The molecule has 8 nitrogen and oxygen atoms in total. The van der Waals surface area contributed by atoms with Crippen LogP contribution in [0.5, 0.6) is 0 Å². The first-order valence-corrected chi connectivity index (χ1v) is 36.1. The molecule has 0 saturated heterocycles. The first kappa shape index (κ1) is 57.8. The lowest BCUT2D eigenvalue weighted by Gasteiger charge is -2.66. The normalized spacial score (nSPS) is 48.0. The molecule has 71 heavy (non-hydrogen) atoms. The highest BCUT2D eigenvalue weighted by Crippen LogP contribution is 2.72. The van der Waals surface area contributed by atoms with Gasteiger partial charge in [0.15, 0.2) is 16.6 Å². The van der Waals surface area contributed by atoms with Crippen LogP contribution in [0.4, 0.5) is 8.78 Å². The fraction of sp³-hybridized carbons (Fsp3) is 0.966. The molecule has 24 atom stereocenters. The first-order chi connectivity index (χ1) is 33.0. The Morgan fingerprint density at radius 1 is 0.577 bits per heavy atom. The number of alkyl halides is 2. The van der Waals surface area contributed by atoms with Crippen LogP contribution in [0, 0.1) is 105 Å². The minimum absolute atomic E-state index is 0.0657. The molecule has 8 saturated carbocycles. The van der Waals surface area contributed by atoms with Crippen LogP contribution >= 0.6 is 0 Å². The number of aliphatic hydroxyl groups excluding tert-OH is 2. The number of methoxy groups -OCH3 is 1. The minimum atomic E-state index is -1.88. The lowest BCUT2D eigenvalue weighted by molar-refractivity contribution is -0.218. The summed E-state index contributed by atoms with van der Waals surface area (Å²) in [5.74, 6) is 4.23. The molecule has 410 valence electrons. The van der Waals surface area contributed by atoms with Crippen molar-refractivity contribution in [3.63, 3.8) is 0 Å². The summed E-state index contributed by atoms with van der Waals surface area (Å²) in [6.07, 6.45) is 12.8. The highest BCUT2D eigenvalue weighted by Gasteiger charge is 2.69. The van der Waals surface area contributed by atoms with Gasteiger partial charge in [-0.3, -0.25) is 9.59 Å². The van der Waals surface area contributed by atoms with E-state index in [0.717, 1.165) is 57.8 Å². The van der Waals surface area contributed by atoms with Gasteiger partial charge in [0.1, 0.15) is 12.3 Å². The van der Waals surface area contributed by atoms with Crippen molar-refractivity contribution in [2.24, 2.45) is 105 Å². The summed E-state index contributed by atoms with van der Waals surface area (Å²) in [7, 11) is -2.27. The summed E-state index contributed by atoms with van der Waals surface area (Å²) in [6.45, 7) is 32.4. The Morgan fingerprint density at radius 2 is 0.930 bits per heavy atom. The van der Waals surface area contributed by atoms with Gasteiger partial charge in [-0.05, 0) is 222 Å². The Morgan fingerprint density at radius 3 is 1.27 bits per heavy atom. The molecule has 0 heterocycles. The Labute approximate surface area is 432 Å². The fourth-order valence-corrected chi connectivity index (χ4v) is 22.5. The number of carbonyl (C=O) groups is 2. The zero-order chi connectivity index (χ0) is 52.6. The number of hydrogen-bond donors (Lipinski definition) is 3. The van der Waals surface area contributed by atoms with Crippen LogP contribution in [0.25, 0.3) is 0 Å². The van der Waals surface area contributed by atoms with Crippen LogP contribution in [0.1, 0.15) is 171 Å². The van der Waals surface area contributed by atoms with Crippen molar-refractivity contribution in [1.82, 2.24) is 0 Å². The Balaban J connectivity index is 0.000000209. The van der Waals surface area contributed by atoms with Crippen LogP contribution in [0.2, 0.25) is 39.3 Å². The summed E-state index contributed by atoms with van der Waals surface area (Å²) in [5.41, 5.74) is 0.282. The smallest absolute Gasteiger partial charge is 0.305 e. The number of ether oxygens (including phenoxy) is 1. The average Bonchev–Trinajstić information content (AvgIpc) is 3.84. The first-order valence-electron chi connectivity index (χ1n) is 29.3. The Hall–Kier alpha value is -0.926. The van der Waals surface area contributed by atoms with Gasteiger partial charge in [-0.25, -0.2) is 8.78 Å². The third-order valence-electron chi connectivity index (χ3n) is 23.1. The van der Waals surface area contributed by atoms with Gasteiger partial charge in [-0.1, -0.05) is 68.2 Å². The van der Waals surface area contributed by atoms with Gasteiger partial charge in [-0.2, -0.15) is 0 Å². The quantitative estimate of drug-likeness (QED) is 0.116. The minimum Gasteiger partial charge on any atom is -0.481 e. The van der Waals surface area contributed by atoms with E-state index in [9.17, 15) is 24.9 Å². The van der Waals surface area contributed by atoms with Crippen LogP contribution in [-0.4, -0.2) is 87.8 Å². The number of carbonyl (C=O) groups excluding carboxylic acids is 1. The molecule has 8 aliphatic carbocycles. The number of esters is 1. The molecular formula is C59H104F2O8Si2. The second kappa shape index (κ2) is 21.5. The maximum Gasteiger partial charge on any atom is 0.305 e. The van der Waals surface area contributed by atoms with Crippen LogP contribution in [0.3, 0.4) is 0 Å². The predicted molar refractivity (Wildman–Crippen MR) is 285 cm³/mol. The Bertz CT molecular complexity index is 1840. The van der Waals surface area contributed by atoms with Gasteiger partial charge in [0.25, 0.3) is 0 Å². The molecule has 8 aliphatic rings. The molecule has 0 aromatic heterocycles. The van der Waals surface area contributed by atoms with E-state index in [1.165, 1.54) is 39.2 Å².